The second-order valence-corrected chi connectivity index (χ2v) is 6.64. The fourth-order valence-corrected chi connectivity index (χ4v) is 3.09. The van der Waals surface area contributed by atoms with Gasteiger partial charge in [-0.05, 0) is 26.0 Å². The predicted octanol–water partition coefficient (Wildman–Crippen LogP) is 4.38. The molecular weight excluding hydrogens is 372 g/mol. The van der Waals surface area contributed by atoms with Crippen LogP contribution in [0.1, 0.15) is 40.7 Å². The van der Waals surface area contributed by atoms with Crippen LogP contribution in [0.25, 0.3) is 22.3 Å². The molecule has 2 aromatic carbocycles. The lowest BCUT2D eigenvalue weighted by Crippen LogP contribution is -2.13. The van der Waals surface area contributed by atoms with Gasteiger partial charge in [0.05, 0.1) is 5.39 Å². The van der Waals surface area contributed by atoms with E-state index < -0.39 is 12.1 Å². The van der Waals surface area contributed by atoms with Gasteiger partial charge in [0.15, 0.2) is 17.1 Å². The number of ether oxygens (including phenoxy) is 1. The minimum atomic E-state index is -0.746. The molecule has 0 fully saturated rings. The third-order valence-electron chi connectivity index (χ3n) is 4.57. The third kappa shape index (κ3) is 3.42. The van der Waals surface area contributed by atoms with Crippen molar-refractivity contribution in [2.24, 2.45) is 0 Å². The lowest BCUT2D eigenvalue weighted by Gasteiger charge is -2.12. The second-order valence-electron chi connectivity index (χ2n) is 6.64. The molecule has 0 aliphatic rings. The first kappa shape index (κ1) is 18.6. The van der Waals surface area contributed by atoms with Crippen LogP contribution in [0.4, 0.5) is 0 Å². The maximum absolute atomic E-state index is 12.9. The Morgan fingerprint density at radius 1 is 1.00 bits per heavy atom. The van der Waals surface area contributed by atoms with E-state index in [9.17, 15) is 9.59 Å². The van der Waals surface area contributed by atoms with E-state index in [1.165, 1.54) is 0 Å². The van der Waals surface area contributed by atoms with Gasteiger partial charge in [0, 0.05) is 18.1 Å². The molecule has 4 aromatic rings. The molecule has 2 heterocycles. The summed E-state index contributed by atoms with van der Waals surface area (Å²) in [6, 6.07) is 14.1. The molecule has 29 heavy (non-hydrogen) atoms. The molecule has 146 valence electrons. The van der Waals surface area contributed by atoms with Crippen molar-refractivity contribution in [1.82, 2.24) is 10.2 Å². The van der Waals surface area contributed by atoms with Gasteiger partial charge in [0.2, 0.25) is 5.89 Å². The maximum atomic E-state index is 12.9. The molecule has 0 amide bonds. The molecule has 0 radical (unpaired) electrons. The van der Waals surface area contributed by atoms with Gasteiger partial charge in [-0.3, -0.25) is 4.79 Å². The Labute approximate surface area is 165 Å². The molecule has 0 bridgehead atoms. The zero-order chi connectivity index (χ0) is 20.5. The van der Waals surface area contributed by atoms with Gasteiger partial charge in [-0.15, -0.1) is 10.2 Å². The molecule has 0 N–H and O–H groups in total. The maximum Gasteiger partial charge on any atom is 0.342 e. The predicted molar refractivity (Wildman–Crippen MR) is 106 cm³/mol. The Morgan fingerprint density at radius 3 is 2.45 bits per heavy atom. The SMILES string of the molecule is Cc1nnc(C(C)OC(=O)c2cccc3c(=O)c(C)c(-c4ccccc4)oc23)o1. The summed E-state index contributed by atoms with van der Waals surface area (Å²) in [5.74, 6) is 0.342. The van der Waals surface area contributed by atoms with Crippen LogP contribution in [-0.4, -0.2) is 16.2 Å². The lowest BCUT2D eigenvalue weighted by molar-refractivity contribution is 0.0278. The monoisotopic (exact) mass is 390 g/mol. The zero-order valence-electron chi connectivity index (χ0n) is 16.1. The average Bonchev–Trinajstić information content (AvgIpc) is 3.17. The van der Waals surface area contributed by atoms with Gasteiger partial charge >= 0.3 is 5.97 Å². The molecule has 1 unspecified atom stereocenters. The van der Waals surface area contributed by atoms with Gasteiger partial charge < -0.3 is 13.6 Å². The first-order valence-corrected chi connectivity index (χ1v) is 9.08. The number of carbonyl (C=O) groups is 1. The molecule has 7 heteroatoms. The second kappa shape index (κ2) is 7.35. The van der Waals surface area contributed by atoms with Crippen molar-refractivity contribution in [3.05, 3.63) is 81.7 Å². The smallest absolute Gasteiger partial charge is 0.342 e. The third-order valence-corrected chi connectivity index (χ3v) is 4.57. The van der Waals surface area contributed by atoms with Crippen molar-refractivity contribution in [2.75, 3.05) is 0 Å². The van der Waals surface area contributed by atoms with Crippen LogP contribution in [0.5, 0.6) is 0 Å². The summed E-state index contributed by atoms with van der Waals surface area (Å²) in [4.78, 5) is 25.7. The molecule has 7 nitrogen and oxygen atoms in total. The van der Waals surface area contributed by atoms with E-state index in [1.807, 2.05) is 30.3 Å². The van der Waals surface area contributed by atoms with E-state index in [0.29, 0.717) is 22.6 Å². The number of hydrogen-bond acceptors (Lipinski definition) is 7. The fraction of sp³-hybridized carbons (Fsp3) is 0.182. The van der Waals surface area contributed by atoms with Crippen molar-refractivity contribution in [1.29, 1.82) is 0 Å². The summed E-state index contributed by atoms with van der Waals surface area (Å²) in [6.07, 6.45) is -0.746. The molecule has 2 aromatic heterocycles. The van der Waals surface area contributed by atoms with Crippen LogP contribution in [0.15, 0.2) is 62.2 Å². The minimum absolute atomic E-state index is 0.153. The highest BCUT2D eigenvalue weighted by Gasteiger charge is 2.23. The number of nitrogens with zero attached hydrogens (tertiary/aromatic N) is 2. The molecule has 0 spiro atoms. The minimum Gasteiger partial charge on any atom is -0.455 e. The Hall–Kier alpha value is -3.74. The van der Waals surface area contributed by atoms with Gasteiger partial charge in [0.1, 0.15) is 11.3 Å². The van der Waals surface area contributed by atoms with Gasteiger partial charge in [-0.2, -0.15) is 0 Å². The molecule has 0 aliphatic heterocycles. The fourth-order valence-electron chi connectivity index (χ4n) is 3.09. The van der Waals surface area contributed by atoms with E-state index in [-0.39, 0.29) is 22.5 Å². The summed E-state index contributed by atoms with van der Waals surface area (Å²) in [5.41, 5.74) is 1.37. The molecule has 1 atom stereocenters. The summed E-state index contributed by atoms with van der Waals surface area (Å²) < 4.78 is 16.8. The topological polar surface area (TPSA) is 95.4 Å². The first-order chi connectivity index (χ1) is 14.0. The molecule has 0 aliphatic carbocycles. The molecule has 4 rings (SSSR count). The highest BCUT2D eigenvalue weighted by atomic mass is 16.6. The zero-order valence-corrected chi connectivity index (χ0v) is 16.1. The van der Waals surface area contributed by atoms with E-state index in [1.54, 1.807) is 39.0 Å². The number of aryl methyl sites for hydroxylation is 1. The van der Waals surface area contributed by atoms with Gasteiger partial charge in [0.25, 0.3) is 5.89 Å². The van der Waals surface area contributed by atoms with Crippen LogP contribution >= 0.6 is 0 Å². The highest BCUT2D eigenvalue weighted by molar-refractivity contribution is 6.02. The Bertz CT molecular complexity index is 1260. The van der Waals surface area contributed by atoms with Crippen LogP contribution in [-0.2, 0) is 4.74 Å². The number of esters is 1. The molecular formula is C22H18N2O5. The summed E-state index contributed by atoms with van der Waals surface area (Å²) >= 11 is 0. The van der Waals surface area contributed by atoms with Crippen molar-refractivity contribution in [3.63, 3.8) is 0 Å². The lowest BCUT2D eigenvalue weighted by atomic mass is 10.0. The van der Waals surface area contributed by atoms with Crippen molar-refractivity contribution < 1.29 is 18.4 Å². The van der Waals surface area contributed by atoms with Gasteiger partial charge in [-0.1, -0.05) is 36.4 Å². The van der Waals surface area contributed by atoms with Crippen molar-refractivity contribution in [2.45, 2.75) is 26.9 Å². The van der Waals surface area contributed by atoms with Crippen molar-refractivity contribution >= 4 is 16.9 Å². The summed E-state index contributed by atoms with van der Waals surface area (Å²) in [5, 5.41) is 7.92. The number of hydrogen-bond donors (Lipinski definition) is 0. The van der Waals surface area contributed by atoms with E-state index in [2.05, 4.69) is 10.2 Å². The summed E-state index contributed by atoms with van der Waals surface area (Å²) in [6.45, 7) is 4.99. The van der Waals surface area contributed by atoms with E-state index in [4.69, 9.17) is 13.6 Å². The molecule has 0 saturated carbocycles. The van der Waals surface area contributed by atoms with Crippen LogP contribution in [0, 0.1) is 13.8 Å². The van der Waals surface area contributed by atoms with E-state index >= 15 is 0 Å². The number of benzene rings is 2. The average molecular weight is 390 g/mol. The van der Waals surface area contributed by atoms with E-state index in [0.717, 1.165) is 5.56 Å². The largest absolute Gasteiger partial charge is 0.455 e. The summed E-state index contributed by atoms with van der Waals surface area (Å²) in [7, 11) is 0. The Kier molecular flexibility index (Phi) is 4.72. The van der Waals surface area contributed by atoms with Crippen LogP contribution < -0.4 is 5.43 Å². The number of carbonyl (C=O) groups excluding carboxylic acids is 1. The van der Waals surface area contributed by atoms with Crippen LogP contribution in [0.2, 0.25) is 0 Å². The van der Waals surface area contributed by atoms with Crippen LogP contribution in [0.3, 0.4) is 0 Å². The molecule has 0 saturated heterocycles. The Morgan fingerprint density at radius 2 is 1.76 bits per heavy atom. The number of fused-ring (bicyclic) bond motifs is 1. The first-order valence-electron chi connectivity index (χ1n) is 9.08. The number of rotatable bonds is 4. The Balaban J connectivity index is 1.79. The number of para-hydroxylation sites is 1. The quantitative estimate of drug-likeness (QED) is 0.477. The van der Waals surface area contributed by atoms with Crippen molar-refractivity contribution in [3.8, 4) is 11.3 Å². The van der Waals surface area contributed by atoms with Gasteiger partial charge in [-0.25, -0.2) is 4.79 Å². The number of aromatic nitrogens is 2. The normalized spacial score (nSPS) is 12.1. The highest BCUT2D eigenvalue weighted by Crippen LogP contribution is 2.28. The standard InChI is InChI=1S/C22H18N2O5/c1-12-18(25)16-10-7-11-17(20(16)29-19(12)15-8-5-4-6-9-15)22(26)27-13(2)21-24-23-14(3)28-21/h4-11,13H,1-3H3.